The topological polar surface area (TPSA) is 84.7 Å². The van der Waals surface area contributed by atoms with E-state index in [1.807, 2.05) is 41.3 Å². The Bertz CT molecular complexity index is 924. The van der Waals surface area contributed by atoms with E-state index in [1.54, 1.807) is 19.2 Å². The maximum Gasteiger partial charge on any atom is 0.259 e. The molecule has 6 nitrogen and oxygen atoms in total. The Morgan fingerprint density at radius 2 is 1.74 bits per heavy atom. The molecule has 0 radical (unpaired) electrons. The van der Waals surface area contributed by atoms with E-state index in [0.717, 1.165) is 44.1 Å². The summed E-state index contributed by atoms with van der Waals surface area (Å²) in [6, 6.07) is 15.0. The second kappa shape index (κ2) is 9.52. The minimum atomic E-state index is -0.219. The molecule has 0 bridgehead atoms. The van der Waals surface area contributed by atoms with Crippen molar-refractivity contribution in [2.75, 3.05) is 12.4 Å². The zero-order chi connectivity index (χ0) is 21.8. The summed E-state index contributed by atoms with van der Waals surface area (Å²) < 4.78 is 5.27. The van der Waals surface area contributed by atoms with Gasteiger partial charge in [-0.1, -0.05) is 37.1 Å². The summed E-state index contributed by atoms with van der Waals surface area (Å²) in [5.74, 6) is 0.739. The van der Waals surface area contributed by atoms with Crippen LogP contribution in [-0.2, 0) is 11.3 Å². The summed E-state index contributed by atoms with van der Waals surface area (Å²) in [6.45, 7) is 0.564. The summed E-state index contributed by atoms with van der Waals surface area (Å²) in [7, 11) is 1.55. The highest BCUT2D eigenvalue weighted by Crippen LogP contribution is 2.34. The molecule has 4 rings (SSSR count). The minimum Gasteiger partial charge on any atom is -0.496 e. The zero-order valence-electron chi connectivity index (χ0n) is 18.0. The van der Waals surface area contributed by atoms with Crippen molar-refractivity contribution in [3.63, 3.8) is 0 Å². The Hall–Kier alpha value is -2.86. The molecule has 2 aliphatic rings. The van der Waals surface area contributed by atoms with Crippen molar-refractivity contribution >= 4 is 17.5 Å². The highest BCUT2D eigenvalue weighted by Gasteiger charge is 2.38. The predicted octanol–water partition coefficient (Wildman–Crippen LogP) is 3.96. The fourth-order valence-electron chi connectivity index (χ4n) is 4.37. The summed E-state index contributed by atoms with van der Waals surface area (Å²) in [4.78, 5) is 27.6. The van der Waals surface area contributed by atoms with Gasteiger partial charge in [-0.05, 0) is 55.5 Å². The molecule has 164 valence electrons. The normalized spacial score (nSPS) is 20.7. The fraction of sp³-hybridized carbons (Fsp3) is 0.440. The van der Waals surface area contributed by atoms with Crippen LogP contribution in [0.1, 0.15) is 54.4 Å². The van der Waals surface area contributed by atoms with Crippen LogP contribution < -0.4 is 15.8 Å². The third-order valence-corrected chi connectivity index (χ3v) is 6.31. The lowest BCUT2D eigenvalue weighted by Crippen LogP contribution is -2.52. The van der Waals surface area contributed by atoms with E-state index in [2.05, 4.69) is 5.32 Å². The first-order valence-electron chi connectivity index (χ1n) is 11.2. The van der Waals surface area contributed by atoms with E-state index in [4.69, 9.17) is 10.5 Å². The number of ether oxygens (including phenoxy) is 1. The van der Waals surface area contributed by atoms with E-state index < -0.39 is 0 Å². The van der Waals surface area contributed by atoms with Crippen molar-refractivity contribution < 1.29 is 14.3 Å². The molecule has 2 unspecified atom stereocenters. The summed E-state index contributed by atoms with van der Waals surface area (Å²) in [6.07, 6.45) is 6.21. The number of nitrogens with one attached hydrogen (secondary N) is 1. The van der Waals surface area contributed by atoms with E-state index in [1.165, 1.54) is 0 Å². The number of methoxy groups -OCH3 is 1. The maximum absolute atomic E-state index is 13.0. The molecule has 2 aromatic rings. The molecular formula is C25H31N3O3. The van der Waals surface area contributed by atoms with Gasteiger partial charge >= 0.3 is 0 Å². The Morgan fingerprint density at radius 1 is 1.03 bits per heavy atom. The number of nitrogens with two attached hydrogens (primary N) is 1. The van der Waals surface area contributed by atoms with Crippen LogP contribution in [0.5, 0.6) is 5.75 Å². The van der Waals surface area contributed by atoms with Crippen molar-refractivity contribution in [2.24, 2.45) is 11.7 Å². The van der Waals surface area contributed by atoms with Gasteiger partial charge in [0, 0.05) is 30.2 Å². The maximum atomic E-state index is 13.0. The molecule has 2 saturated carbocycles. The number of benzene rings is 2. The van der Waals surface area contributed by atoms with Crippen molar-refractivity contribution in [1.82, 2.24) is 4.90 Å². The Morgan fingerprint density at radius 3 is 2.42 bits per heavy atom. The van der Waals surface area contributed by atoms with E-state index in [-0.39, 0.29) is 29.8 Å². The number of hydrogen-bond donors (Lipinski definition) is 2. The standard InChI is InChI=1S/C25H31N3O3/c1-31-23-9-5-2-6-20(23)24(29)27-19-14-10-17(11-15-19)16-28(25(30)18-12-13-18)22-8-4-3-7-21(22)26/h2,5-6,9-11,14-15,18,21-22H,3-4,7-8,12-13,16,26H2,1H3,(H,27,29). The molecule has 3 N–H and O–H groups in total. The highest BCUT2D eigenvalue weighted by molar-refractivity contribution is 6.06. The van der Waals surface area contributed by atoms with E-state index >= 15 is 0 Å². The van der Waals surface area contributed by atoms with E-state index in [9.17, 15) is 9.59 Å². The van der Waals surface area contributed by atoms with Gasteiger partial charge in [0.05, 0.1) is 12.7 Å². The predicted molar refractivity (Wildman–Crippen MR) is 121 cm³/mol. The van der Waals surface area contributed by atoms with Gasteiger partial charge in [0.25, 0.3) is 5.91 Å². The summed E-state index contributed by atoms with van der Waals surface area (Å²) >= 11 is 0. The average Bonchev–Trinajstić information content (AvgIpc) is 3.64. The van der Waals surface area contributed by atoms with Crippen LogP contribution in [0.2, 0.25) is 0 Å². The van der Waals surface area contributed by atoms with Gasteiger partial charge in [0.15, 0.2) is 0 Å². The van der Waals surface area contributed by atoms with Gasteiger partial charge < -0.3 is 20.7 Å². The van der Waals surface area contributed by atoms with Crippen LogP contribution in [0.4, 0.5) is 5.69 Å². The smallest absolute Gasteiger partial charge is 0.259 e. The van der Waals surface area contributed by atoms with Gasteiger partial charge in [-0.15, -0.1) is 0 Å². The molecule has 6 heteroatoms. The van der Waals surface area contributed by atoms with Crippen LogP contribution in [0.3, 0.4) is 0 Å². The molecule has 0 spiro atoms. The lowest BCUT2D eigenvalue weighted by molar-refractivity contribution is -0.136. The third kappa shape index (κ3) is 5.07. The summed E-state index contributed by atoms with van der Waals surface area (Å²) in [5, 5.41) is 2.92. The van der Waals surface area contributed by atoms with Crippen LogP contribution in [0.15, 0.2) is 48.5 Å². The molecule has 2 fully saturated rings. The monoisotopic (exact) mass is 421 g/mol. The number of nitrogens with zero attached hydrogens (tertiary/aromatic N) is 1. The van der Waals surface area contributed by atoms with Crippen LogP contribution in [0.25, 0.3) is 0 Å². The molecular weight excluding hydrogens is 390 g/mol. The largest absolute Gasteiger partial charge is 0.496 e. The molecule has 2 atom stereocenters. The van der Waals surface area contributed by atoms with Gasteiger partial charge in [-0.25, -0.2) is 0 Å². The number of anilines is 1. The molecule has 0 heterocycles. The quantitative estimate of drug-likeness (QED) is 0.709. The lowest BCUT2D eigenvalue weighted by Gasteiger charge is -2.38. The number of hydrogen-bond acceptors (Lipinski definition) is 4. The Balaban J connectivity index is 1.45. The van der Waals surface area contributed by atoms with Crippen molar-refractivity contribution in [3.05, 3.63) is 59.7 Å². The van der Waals surface area contributed by atoms with Gasteiger partial charge in [0.1, 0.15) is 5.75 Å². The number of rotatable bonds is 7. The number of para-hydroxylation sites is 1. The summed E-state index contributed by atoms with van der Waals surface area (Å²) in [5.41, 5.74) is 8.63. The molecule has 2 aromatic carbocycles. The first kappa shape index (κ1) is 21.4. The highest BCUT2D eigenvalue weighted by atomic mass is 16.5. The van der Waals surface area contributed by atoms with Gasteiger partial charge in [0.2, 0.25) is 5.91 Å². The molecule has 0 aromatic heterocycles. The van der Waals surface area contributed by atoms with Gasteiger partial charge in [-0.2, -0.15) is 0 Å². The molecule has 0 saturated heterocycles. The van der Waals surface area contributed by atoms with Crippen molar-refractivity contribution in [2.45, 2.75) is 57.2 Å². The van der Waals surface area contributed by atoms with Gasteiger partial charge in [-0.3, -0.25) is 9.59 Å². The number of amides is 2. The lowest BCUT2D eigenvalue weighted by atomic mass is 9.89. The van der Waals surface area contributed by atoms with Crippen molar-refractivity contribution in [3.8, 4) is 5.75 Å². The van der Waals surface area contributed by atoms with Crippen molar-refractivity contribution in [1.29, 1.82) is 0 Å². The Labute approximate surface area is 183 Å². The third-order valence-electron chi connectivity index (χ3n) is 6.31. The fourth-order valence-corrected chi connectivity index (χ4v) is 4.37. The van der Waals surface area contributed by atoms with E-state index in [0.29, 0.717) is 23.5 Å². The van der Waals surface area contributed by atoms with Crippen LogP contribution in [-0.4, -0.2) is 35.9 Å². The average molecular weight is 422 g/mol. The van der Waals surface area contributed by atoms with Crippen LogP contribution in [0, 0.1) is 5.92 Å². The number of carbonyl (C=O) groups excluding carboxylic acids is 2. The Kier molecular flexibility index (Phi) is 6.56. The first-order chi connectivity index (χ1) is 15.1. The zero-order valence-corrected chi connectivity index (χ0v) is 18.0. The first-order valence-corrected chi connectivity index (χ1v) is 11.2. The second-order valence-electron chi connectivity index (χ2n) is 8.61. The number of carbonyl (C=O) groups is 2. The molecule has 2 aliphatic carbocycles. The van der Waals surface area contributed by atoms with Crippen LogP contribution >= 0.6 is 0 Å². The molecule has 0 aliphatic heterocycles. The molecule has 31 heavy (non-hydrogen) atoms. The SMILES string of the molecule is COc1ccccc1C(=O)Nc1ccc(CN(C(=O)C2CC2)C2CCCCC2N)cc1. The molecule has 2 amide bonds. The minimum absolute atomic E-state index is 0.0517. The second-order valence-corrected chi connectivity index (χ2v) is 8.61.